The Hall–Kier alpha value is -3.34. The number of aromatic amines is 1. The third-order valence-electron chi connectivity index (χ3n) is 4.63. The van der Waals surface area contributed by atoms with E-state index in [1.165, 1.54) is 0 Å². The number of benzene rings is 2. The molecule has 5 nitrogen and oxygen atoms in total. The fourth-order valence-corrected chi connectivity index (χ4v) is 3.32. The number of rotatable bonds is 4. The van der Waals surface area contributed by atoms with E-state index >= 15 is 0 Å². The molecule has 0 fully saturated rings. The van der Waals surface area contributed by atoms with Crippen molar-refractivity contribution < 1.29 is 14.6 Å². The van der Waals surface area contributed by atoms with E-state index in [1.54, 1.807) is 13.1 Å². The highest BCUT2D eigenvalue weighted by Crippen LogP contribution is 2.32. The quantitative estimate of drug-likeness (QED) is 0.553. The van der Waals surface area contributed by atoms with Crippen molar-refractivity contribution >= 4 is 27.8 Å². The number of aromatic nitrogens is 2. The molecule has 2 aromatic heterocycles. The van der Waals surface area contributed by atoms with E-state index in [9.17, 15) is 9.90 Å². The fourth-order valence-electron chi connectivity index (χ4n) is 3.32. The molecule has 130 valence electrons. The number of H-pyrrole nitrogens is 1. The maximum Gasteiger partial charge on any atom is 0.354 e. The highest BCUT2D eigenvalue weighted by Gasteiger charge is 2.17. The van der Waals surface area contributed by atoms with Crippen LogP contribution in [-0.4, -0.2) is 21.0 Å². The number of carboxylic acid groups (broad SMARTS) is 1. The first-order valence-corrected chi connectivity index (χ1v) is 8.40. The van der Waals surface area contributed by atoms with Gasteiger partial charge in [-0.2, -0.15) is 0 Å². The summed E-state index contributed by atoms with van der Waals surface area (Å²) < 4.78 is 6.01. The van der Waals surface area contributed by atoms with E-state index in [2.05, 4.69) is 16.0 Å². The first-order chi connectivity index (χ1) is 12.5. The number of nitrogens with one attached hydrogen (secondary N) is 1. The summed E-state index contributed by atoms with van der Waals surface area (Å²) in [7, 11) is 0. The van der Waals surface area contributed by atoms with Gasteiger partial charge < -0.3 is 14.8 Å². The lowest BCUT2D eigenvalue weighted by molar-refractivity contribution is 0.0690. The number of ether oxygens (including phenoxy) is 1. The van der Waals surface area contributed by atoms with Crippen LogP contribution >= 0.6 is 0 Å². The third kappa shape index (κ3) is 2.67. The second-order valence-electron chi connectivity index (χ2n) is 6.33. The highest BCUT2D eigenvalue weighted by molar-refractivity contribution is 6.11. The van der Waals surface area contributed by atoms with E-state index < -0.39 is 5.97 Å². The van der Waals surface area contributed by atoms with Gasteiger partial charge in [-0.15, -0.1) is 0 Å². The maximum absolute atomic E-state index is 11.4. The highest BCUT2D eigenvalue weighted by atomic mass is 16.5. The number of carboxylic acids is 1. The molecule has 0 saturated carbocycles. The molecule has 5 heteroatoms. The van der Waals surface area contributed by atoms with E-state index in [-0.39, 0.29) is 11.8 Å². The van der Waals surface area contributed by atoms with Crippen LogP contribution in [0.3, 0.4) is 0 Å². The van der Waals surface area contributed by atoms with Crippen molar-refractivity contribution in [1.29, 1.82) is 0 Å². The zero-order valence-corrected chi connectivity index (χ0v) is 14.5. The molecule has 2 N–H and O–H groups in total. The van der Waals surface area contributed by atoms with Gasteiger partial charge in [0.1, 0.15) is 11.9 Å². The molecule has 26 heavy (non-hydrogen) atoms. The Labute approximate surface area is 150 Å². The predicted octanol–water partition coefficient (Wildman–Crippen LogP) is 4.86. The van der Waals surface area contributed by atoms with Crippen molar-refractivity contribution in [3.8, 4) is 5.75 Å². The molecule has 0 aliphatic heterocycles. The normalized spacial score (nSPS) is 12.4. The summed E-state index contributed by atoms with van der Waals surface area (Å²) >= 11 is 0. The van der Waals surface area contributed by atoms with Gasteiger partial charge in [-0.05, 0) is 49.2 Å². The van der Waals surface area contributed by atoms with Gasteiger partial charge >= 0.3 is 5.97 Å². The van der Waals surface area contributed by atoms with Gasteiger partial charge in [0, 0.05) is 16.3 Å². The number of aryl methyl sites for hydroxylation is 1. The topological polar surface area (TPSA) is 75.2 Å². The Balaban J connectivity index is 1.81. The summed E-state index contributed by atoms with van der Waals surface area (Å²) in [5.74, 6) is -0.205. The van der Waals surface area contributed by atoms with Crippen LogP contribution in [0.25, 0.3) is 21.8 Å². The van der Waals surface area contributed by atoms with Crippen LogP contribution in [-0.2, 0) is 0 Å². The summed E-state index contributed by atoms with van der Waals surface area (Å²) in [5, 5.41) is 11.2. The predicted molar refractivity (Wildman–Crippen MR) is 101 cm³/mol. The Bertz CT molecular complexity index is 1120. The molecule has 2 heterocycles. The summed E-state index contributed by atoms with van der Waals surface area (Å²) in [6, 6.07) is 15.8. The molecule has 0 aliphatic rings. The minimum atomic E-state index is -1.02. The maximum atomic E-state index is 11.4. The van der Waals surface area contributed by atoms with Gasteiger partial charge in [0.25, 0.3) is 0 Å². The Morgan fingerprint density at radius 1 is 1.15 bits per heavy atom. The number of fused-ring (bicyclic) bond motifs is 3. The van der Waals surface area contributed by atoms with Crippen LogP contribution in [0.15, 0.2) is 54.7 Å². The van der Waals surface area contributed by atoms with Gasteiger partial charge in [0.2, 0.25) is 0 Å². The molecular weight excluding hydrogens is 328 g/mol. The van der Waals surface area contributed by atoms with Gasteiger partial charge in [-0.1, -0.05) is 24.3 Å². The van der Waals surface area contributed by atoms with Crippen molar-refractivity contribution in [2.24, 2.45) is 0 Å². The monoisotopic (exact) mass is 346 g/mol. The van der Waals surface area contributed by atoms with Crippen molar-refractivity contribution in [3.05, 3.63) is 71.5 Å². The number of nitrogens with zero attached hydrogens (tertiary/aromatic N) is 1. The second-order valence-corrected chi connectivity index (χ2v) is 6.33. The first-order valence-electron chi connectivity index (χ1n) is 8.40. The van der Waals surface area contributed by atoms with Gasteiger partial charge in [0.15, 0.2) is 5.69 Å². The lowest BCUT2D eigenvalue weighted by Gasteiger charge is -2.15. The summed E-state index contributed by atoms with van der Waals surface area (Å²) in [6.45, 7) is 3.79. The molecule has 0 amide bonds. The lowest BCUT2D eigenvalue weighted by atomic mass is 10.0. The second kappa shape index (κ2) is 6.19. The van der Waals surface area contributed by atoms with Crippen molar-refractivity contribution in [2.75, 3.05) is 0 Å². The fraction of sp³-hybridized carbons (Fsp3) is 0.143. The molecule has 0 bridgehead atoms. The van der Waals surface area contributed by atoms with Crippen LogP contribution in [0.4, 0.5) is 0 Å². The molecule has 0 aliphatic carbocycles. The molecule has 2 aromatic carbocycles. The first kappa shape index (κ1) is 16.1. The van der Waals surface area contributed by atoms with E-state index in [1.807, 2.05) is 49.4 Å². The summed E-state index contributed by atoms with van der Waals surface area (Å²) in [5.41, 5.74) is 3.54. The summed E-state index contributed by atoms with van der Waals surface area (Å²) in [4.78, 5) is 18.8. The smallest absolute Gasteiger partial charge is 0.354 e. The average molecular weight is 346 g/mol. The SMILES string of the molecule is Cc1c(C(=O)O)ncc2[nH]c3ccc(C(C)Oc4ccccc4)cc3c12. The average Bonchev–Trinajstić information content (AvgIpc) is 3.01. The van der Waals surface area contributed by atoms with E-state index in [0.29, 0.717) is 5.56 Å². The third-order valence-corrected chi connectivity index (χ3v) is 4.63. The number of carbonyl (C=O) groups is 1. The minimum Gasteiger partial charge on any atom is -0.486 e. The van der Waals surface area contributed by atoms with Crippen LogP contribution in [0.5, 0.6) is 5.75 Å². The molecule has 4 aromatic rings. The van der Waals surface area contributed by atoms with E-state index in [4.69, 9.17) is 4.74 Å². The molecule has 0 radical (unpaired) electrons. The summed E-state index contributed by atoms with van der Waals surface area (Å²) in [6.07, 6.45) is 1.45. The zero-order valence-electron chi connectivity index (χ0n) is 14.5. The van der Waals surface area contributed by atoms with Gasteiger partial charge in [0.05, 0.1) is 11.7 Å². The van der Waals surface area contributed by atoms with Crippen LogP contribution < -0.4 is 4.74 Å². The number of pyridine rings is 1. The lowest BCUT2D eigenvalue weighted by Crippen LogP contribution is -2.03. The molecule has 0 saturated heterocycles. The molecule has 1 unspecified atom stereocenters. The standard InChI is InChI=1S/C21H18N2O3/c1-12-19-16-10-14(13(2)26-15-6-4-3-5-7-15)8-9-17(16)23-18(19)11-22-20(12)21(24)25/h3-11,13,23H,1-2H3,(H,24,25). The van der Waals surface area contributed by atoms with Crippen LogP contribution in [0, 0.1) is 6.92 Å². The zero-order chi connectivity index (χ0) is 18.3. The minimum absolute atomic E-state index is 0.0809. The van der Waals surface area contributed by atoms with Crippen molar-refractivity contribution in [2.45, 2.75) is 20.0 Å². The molecular formula is C21H18N2O3. The van der Waals surface area contributed by atoms with Crippen molar-refractivity contribution in [1.82, 2.24) is 9.97 Å². The molecule has 4 rings (SSSR count). The number of hydrogen-bond donors (Lipinski definition) is 2. The van der Waals surface area contributed by atoms with Crippen LogP contribution in [0.2, 0.25) is 0 Å². The number of hydrogen-bond acceptors (Lipinski definition) is 3. The van der Waals surface area contributed by atoms with Crippen LogP contribution in [0.1, 0.15) is 34.6 Å². The Morgan fingerprint density at radius 2 is 1.92 bits per heavy atom. The largest absolute Gasteiger partial charge is 0.486 e. The molecule has 1 atom stereocenters. The molecule has 0 spiro atoms. The van der Waals surface area contributed by atoms with Crippen molar-refractivity contribution in [3.63, 3.8) is 0 Å². The van der Waals surface area contributed by atoms with Gasteiger partial charge in [-0.3, -0.25) is 0 Å². The van der Waals surface area contributed by atoms with E-state index in [0.717, 1.165) is 33.1 Å². The Kier molecular flexibility index (Phi) is 3.84. The number of para-hydroxylation sites is 1. The Morgan fingerprint density at radius 3 is 2.65 bits per heavy atom. The van der Waals surface area contributed by atoms with Gasteiger partial charge in [-0.25, -0.2) is 9.78 Å². The number of aromatic carboxylic acids is 1.